The highest BCUT2D eigenvalue weighted by atomic mass is 32.2. The number of hydrogen-bond acceptors (Lipinski definition) is 5. The Morgan fingerprint density at radius 1 is 0.938 bits per heavy atom. The Hall–Kier alpha value is 0.610. The van der Waals surface area contributed by atoms with Crippen LogP contribution in [0.2, 0.25) is 0 Å². The highest BCUT2D eigenvalue weighted by molar-refractivity contribution is 8.03. The van der Waals surface area contributed by atoms with Crippen LogP contribution in [0, 0.1) is 0 Å². The summed E-state index contributed by atoms with van der Waals surface area (Å²) in [4.78, 5) is 0. The minimum Gasteiger partial charge on any atom is -0.310 e. The number of hydrogen-bond donors (Lipinski definition) is 1. The summed E-state index contributed by atoms with van der Waals surface area (Å²) in [5.41, 5.74) is 0. The first-order chi connectivity index (χ1) is 7.66. The molecular weight excluding hydrogens is 262 g/mol. The average Bonchev–Trinajstić information content (AvgIpc) is 2.50. The van der Waals surface area contributed by atoms with Gasteiger partial charge in [-0.2, -0.15) is 23.5 Å². The SMILES string of the molecule is O=S1(=O)CCC(NC2CSCCSC2)CC1. The van der Waals surface area contributed by atoms with E-state index in [0.29, 0.717) is 23.6 Å². The van der Waals surface area contributed by atoms with E-state index in [1.807, 2.05) is 23.5 Å². The lowest BCUT2D eigenvalue weighted by Gasteiger charge is -2.27. The Morgan fingerprint density at radius 2 is 1.50 bits per heavy atom. The molecule has 94 valence electrons. The summed E-state index contributed by atoms with van der Waals surface area (Å²) in [7, 11) is -2.71. The van der Waals surface area contributed by atoms with Gasteiger partial charge in [0.05, 0.1) is 11.5 Å². The molecule has 0 aromatic heterocycles. The van der Waals surface area contributed by atoms with Crippen LogP contribution in [-0.4, -0.2) is 55.0 Å². The minimum absolute atomic E-state index is 0.373. The van der Waals surface area contributed by atoms with E-state index < -0.39 is 9.84 Å². The van der Waals surface area contributed by atoms with Gasteiger partial charge in [-0.05, 0) is 12.8 Å². The molecule has 2 aliphatic heterocycles. The third-order valence-corrected chi connectivity index (χ3v) is 7.27. The molecule has 0 aromatic rings. The normalized spacial score (nSPS) is 28.8. The summed E-state index contributed by atoms with van der Waals surface area (Å²) < 4.78 is 22.6. The molecular formula is C10H19NO2S3. The lowest BCUT2D eigenvalue weighted by atomic mass is 10.1. The molecule has 1 N–H and O–H groups in total. The Kier molecular flexibility index (Phi) is 4.88. The Bertz CT molecular complexity index is 296. The monoisotopic (exact) mass is 281 g/mol. The molecule has 0 spiro atoms. The van der Waals surface area contributed by atoms with Crippen LogP contribution in [0.5, 0.6) is 0 Å². The van der Waals surface area contributed by atoms with E-state index in [1.54, 1.807) is 0 Å². The zero-order chi connectivity index (χ0) is 11.4. The van der Waals surface area contributed by atoms with E-state index in [-0.39, 0.29) is 0 Å². The smallest absolute Gasteiger partial charge is 0.150 e. The lowest BCUT2D eigenvalue weighted by molar-refractivity contribution is 0.434. The molecule has 2 rings (SSSR count). The summed E-state index contributed by atoms with van der Waals surface area (Å²) in [5, 5.41) is 3.63. The molecule has 0 amide bonds. The Balaban J connectivity index is 1.77. The van der Waals surface area contributed by atoms with Crippen LogP contribution in [0.3, 0.4) is 0 Å². The molecule has 2 heterocycles. The molecule has 0 aromatic carbocycles. The molecule has 0 unspecified atom stereocenters. The van der Waals surface area contributed by atoms with Crippen LogP contribution in [-0.2, 0) is 9.84 Å². The molecule has 6 heteroatoms. The Morgan fingerprint density at radius 3 is 2.06 bits per heavy atom. The van der Waals surface area contributed by atoms with Crippen molar-refractivity contribution < 1.29 is 8.42 Å². The summed E-state index contributed by atoms with van der Waals surface area (Å²) in [6, 6.07) is 0.996. The van der Waals surface area contributed by atoms with Crippen LogP contribution >= 0.6 is 23.5 Å². The lowest BCUT2D eigenvalue weighted by Crippen LogP contribution is -2.45. The van der Waals surface area contributed by atoms with E-state index in [0.717, 1.165) is 12.8 Å². The van der Waals surface area contributed by atoms with Gasteiger partial charge in [0.2, 0.25) is 0 Å². The molecule has 2 aliphatic rings. The topological polar surface area (TPSA) is 46.2 Å². The van der Waals surface area contributed by atoms with Gasteiger partial charge in [0, 0.05) is 35.1 Å². The van der Waals surface area contributed by atoms with Gasteiger partial charge in [-0.3, -0.25) is 0 Å². The highest BCUT2D eigenvalue weighted by Crippen LogP contribution is 2.19. The van der Waals surface area contributed by atoms with E-state index in [4.69, 9.17) is 0 Å². The van der Waals surface area contributed by atoms with Crippen molar-refractivity contribution in [2.24, 2.45) is 0 Å². The summed E-state index contributed by atoms with van der Waals surface area (Å²) in [5.74, 6) is 5.60. The molecule has 0 bridgehead atoms. The predicted octanol–water partition coefficient (Wildman–Crippen LogP) is 1.00. The first-order valence-electron chi connectivity index (χ1n) is 5.78. The first-order valence-corrected chi connectivity index (χ1v) is 9.91. The van der Waals surface area contributed by atoms with E-state index in [2.05, 4.69) is 5.32 Å². The van der Waals surface area contributed by atoms with Crippen molar-refractivity contribution in [1.82, 2.24) is 5.32 Å². The van der Waals surface area contributed by atoms with Crippen molar-refractivity contribution in [3.05, 3.63) is 0 Å². The zero-order valence-corrected chi connectivity index (χ0v) is 11.8. The molecule has 0 radical (unpaired) electrons. The largest absolute Gasteiger partial charge is 0.310 e. The highest BCUT2D eigenvalue weighted by Gasteiger charge is 2.25. The van der Waals surface area contributed by atoms with Crippen molar-refractivity contribution in [2.75, 3.05) is 34.5 Å². The van der Waals surface area contributed by atoms with Gasteiger partial charge in [-0.15, -0.1) is 0 Å². The van der Waals surface area contributed by atoms with Crippen LogP contribution in [0.4, 0.5) is 0 Å². The Labute approximate surface area is 106 Å². The minimum atomic E-state index is -2.71. The molecule has 0 aliphatic carbocycles. The van der Waals surface area contributed by atoms with Crippen molar-refractivity contribution >= 4 is 33.4 Å². The van der Waals surface area contributed by atoms with E-state index >= 15 is 0 Å². The average molecular weight is 281 g/mol. The molecule has 0 atom stereocenters. The molecule has 0 saturated carbocycles. The molecule has 2 saturated heterocycles. The second-order valence-electron chi connectivity index (χ2n) is 4.44. The van der Waals surface area contributed by atoms with Crippen LogP contribution < -0.4 is 5.32 Å². The molecule has 16 heavy (non-hydrogen) atoms. The third kappa shape index (κ3) is 4.13. The van der Waals surface area contributed by atoms with Crippen LogP contribution in [0.25, 0.3) is 0 Å². The first kappa shape index (κ1) is 13.1. The summed E-state index contributed by atoms with van der Waals surface area (Å²) in [6.07, 6.45) is 1.60. The van der Waals surface area contributed by atoms with Crippen molar-refractivity contribution in [2.45, 2.75) is 24.9 Å². The number of thioether (sulfide) groups is 2. The van der Waals surface area contributed by atoms with Crippen molar-refractivity contribution in [1.29, 1.82) is 0 Å². The zero-order valence-electron chi connectivity index (χ0n) is 9.35. The van der Waals surface area contributed by atoms with E-state index in [1.165, 1.54) is 23.0 Å². The standard InChI is InChI=1S/C10H19NO2S3/c12-16(13)5-1-9(2-6-16)11-10-7-14-3-4-15-8-10/h9-11H,1-8H2. The fourth-order valence-corrected chi connectivity index (χ4v) is 6.02. The molecule has 2 fully saturated rings. The van der Waals surface area contributed by atoms with Crippen molar-refractivity contribution in [3.8, 4) is 0 Å². The summed E-state index contributed by atoms with van der Waals surface area (Å²) in [6.45, 7) is 0. The number of rotatable bonds is 2. The van der Waals surface area contributed by atoms with Gasteiger partial charge in [-0.25, -0.2) is 8.42 Å². The van der Waals surface area contributed by atoms with Crippen LogP contribution in [0.1, 0.15) is 12.8 Å². The second-order valence-corrected chi connectivity index (χ2v) is 9.04. The van der Waals surface area contributed by atoms with Crippen molar-refractivity contribution in [3.63, 3.8) is 0 Å². The third-order valence-electron chi connectivity index (χ3n) is 3.04. The maximum Gasteiger partial charge on any atom is 0.150 e. The van der Waals surface area contributed by atoms with Crippen LogP contribution in [0.15, 0.2) is 0 Å². The second kappa shape index (κ2) is 5.98. The quantitative estimate of drug-likeness (QED) is 0.818. The maximum absolute atomic E-state index is 11.3. The number of sulfone groups is 1. The van der Waals surface area contributed by atoms with Gasteiger partial charge in [0.15, 0.2) is 0 Å². The fraction of sp³-hybridized carbons (Fsp3) is 1.00. The van der Waals surface area contributed by atoms with Gasteiger partial charge in [0.25, 0.3) is 0 Å². The van der Waals surface area contributed by atoms with Gasteiger partial charge in [-0.1, -0.05) is 0 Å². The molecule has 3 nitrogen and oxygen atoms in total. The van der Waals surface area contributed by atoms with Gasteiger partial charge in [0.1, 0.15) is 9.84 Å². The summed E-state index contributed by atoms with van der Waals surface area (Å²) >= 11 is 4.02. The van der Waals surface area contributed by atoms with E-state index in [9.17, 15) is 8.42 Å². The fourth-order valence-electron chi connectivity index (χ4n) is 2.10. The maximum atomic E-state index is 11.3. The van der Waals surface area contributed by atoms with Gasteiger partial charge >= 0.3 is 0 Å². The van der Waals surface area contributed by atoms with Gasteiger partial charge < -0.3 is 5.32 Å². The predicted molar refractivity (Wildman–Crippen MR) is 73.2 cm³/mol. The number of nitrogens with one attached hydrogen (secondary N) is 1.